The van der Waals surface area contributed by atoms with Gasteiger partial charge in [-0.3, -0.25) is 9.78 Å². The second-order valence-electron chi connectivity index (χ2n) is 5.25. The minimum Gasteiger partial charge on any atom is -0.462 e. The number of H-pyrrole nitrogens is 1. The second kappa shape index (κ2) is 6.72. The van der Waals surface area contributed by atoms with E-state index in [1.807, 2.05) is 0 Å². The first-order chi connectivity index (χ1) is 12.1. The molecule has 128 valence electrons. The number of aromatic amines is 1. The monoisotopic (exact) mass is 340 g/mol. The Morgan fingerprint density at radius 3 is 2.52 bits per heavy atom. The lowest BCUT2D eigenvalue weighted by Gasteiger charge is -2.07. The van der Waals surface area contributed by atoms with Crippen molar-refractivity contribution < 1.29 is 19.1 Å². The normalized spacial score (nSPS) is 10.8. The molecule has 1 N–H and O–H groups in total. The lowest BCUT2D eigenvalue weighted by atomic mass is 10.1. The molecule has 7 nitrogen and oxygen atoms in total. The molecule has 2 heterocycles. The topological polar surface area (TPSA) is 98.4 Å². The molecule has 0 saturated carbocycles. The summed E-state index contributed by atoms with van der Waals surface area (Å²) in [5.41, 5.74) is 0.867. The molecule has 3 rings (SSSR count). The number of ether oxygens (including phenoxy) is 2. The van der Waals surface area contributed by atoms with Crippen molar-refractivity contribution in [2.24, 2.45) is 0 Å². The van der Waals surface area contributed by atoms with Crippen molar-refractivity contribution in [1.29, 1.82) is 0 Å². The number of nitrogens with zero attached hydrogens (tertiary/aromatic N) is 1. The maximum Gasteiger partial charge on any atom is 0.343 e. The van der Waals surface area contributed by atoms with E-state index in [4.69, 9.17) is 9.47 Å². The number of rotatable bonds is 4. The van der Waals surface area contributed by atoms with Crippen LogP contribution in [0, 0.1) is 0 Å². The predicted octanol–water partition coefficient (Wildman–Crippen LogP) is 2.43. The van der Waals surface area contributed by atoms with Crippen LogP contribution in [-0.2, 0) is 9.47 Å². The van der Waals surface area contributed by atoms with Gasteiger partial charge in [-0.05, 0) is 32.0 Å². The summed E-state index contributed by atoms with van der Waals surface area (Å²) < 4.78 is 9.86. The number of benzene rings is 1. The van der Waals surface area contributed by atoms with Crippen molar-refractivity contribution in [3.63, 3.8) is 0 Å². The third-order valence-corrected chi connectivity index (χ3v) is 3.72. The third-order valence-electron chi connectivity index (χ3n) is 3.72. The highest BCUT2D eigenvalue weighted by Gasteiger charge is 2.16. The van der Waals surface area contributed by atoms with Gasteiger partial charge in [0.15, 0.2) is 0 Å². The highest BCUT2D eigenvalue weighted by molar-refractivity contribution is 6.07. The van der Waals surface area contributed by atoms with Crippen LogP contribution in [0.15, 0.2) is 35.4 Å². The molecule has 0 unspecified atom stereocenters. The molecule has 0 bridgehead atoms. The molecule has 0 aliphatic rings. The van der Waals surface area contributed by atoms with Crippen LogP contribution in [0.1, 0.15) is 34.6 Å². The minimum atomic E-state index is -0.700. The molecule has 2 aromatic heterocycles. The van der Waals surface area contributed by atoms with E-state index < -0.39 is 17.4 Å². The van der Waals surface area contributed by atoms with Crippen molar-refractivity contribution >= 4 is 33.7 Å². The van der Waals surface area contributed by atoms with Crippen molar-refractivity contribution in [2.75, 3.05) is 13.2 Å². The average Bonchev–Trinajstić information content (AvgIpc) is 2.61. The van der Waals surface area contributed by atoms with Crippen LogP contribution in [0.25, 0.3) is 21.8 Å². The number of aromatic nitrogens is 2. The molecule has 25 heavy (non-hydrogen) atoms. The van der Waals surface area contributed by atoms with Crippen LogP contribution in [0.2, 0.25) is 0 Å². The largest absolute Gasteiger partial charge is 0.462 e. The van der Waals surface area contributed by atoms with Crippen LogP contribution >= 0.6 is 0 Å². The number of hydrogen-bond donors (Lipinski definition) is 1. The summed E-state index contributed by atoms with van der Waals surface area (Å²) in [6.07, 6.45) is 2.75. The lowest BCUT2D eigenvalue weighted by Crippen LogP contribution is -2.18. The lowest BCUT2D eigenvalue weighted by molar-refractivity contribution is 0.0516. The van der Waals surface area contributed by atoms with E-state index in [0.717, 1.165) is 0 Å². The Labute approximate surface area is 142 Å². The van der Waals surface area contributed by atoms with Crippen LogP contribution in [0.4, 0.5) is 0 Å². The molecule has 3 aromatic rings. The van der Waals surface area contributed by atoms with E-state index in [-0.39, 0.29) is 24.2 Å². The Bertz CT molecular complexity index is 1040. The smallest absolute Gasteiger partial charge is 0.343 e. The van der Waals surface area contributed by atoms with Crippen molar-refractivity contribution in [3.8, 4) is 0 Å². The van der Waals surface area contributed by atoms with Crippen molar-refractivity contribution in [1.82, 2.24) is 9.97 Å². The Kier molecular flexibility index (Phi) is 4.47. The molecule has 0 saturated heterocycles. The molecule has 0 aliphatic carbocycles. The van der Waals surface area contributed by atoms with Crippen LogP contribution in [-0.4, -0.2) is 35.1 Å². The molecule has 7 heteroatoms. The van der Waals surface area contributed by atoms with Crippen molar-refractivity contribution in [3.05, 3.63) is 51.9 Å². The van der Waals surface area contributed by atoms with Gasteiger partial charge >= 0.3 is 11.9 Å². The molecule has 0 spiro atoms. The number of esters is 2. The number of hydrogen-bond acceptors (Lipinski definition) is 6. The van der Waals surface area contributed by atoms with Crippen molar-refractivity contribution in [2.45, 2.75) is 13.8 Å². The van der Waals surface area contributed by atoms with E-state index in [0.29, 0.717) is 22.0 Å². The fourth-order valence-corrected chi connectivity index (χ4v) is 2.57. The first-order valence-electron chi connectivity index (χ1n) is 7.85. The average molecular weight is 340 g/mol. The predicted molar refractivity (Wildman–Crippen MR) is 91.8 cm³/mol. The number of nitrogens with one attached hydrogen (secondary N) is 1. The fourth-order valence-electron chi connectivity index (χ4n) is 2.57. The van der Waals surface area contributed by atoms with Gasteiger partial charge in [0.05, 0.1) is 24.3 Å². The SMILES string of the molecule is CCOC(=O)c1c[nH]c2ccc3c(=O)c(C(=O)OCC)cnc3c2c1. The zero-order chi connectivity index (χ0) is 18.0. The molecule has 0 fully saturated rings. The summed E-state index contributed by atoms with van der Waals surface area (Å²) in [4.78, 5) is 43.6. The molecule has 0 aliphatic heterocycles. The fraction of sp³-hybridized carbons (Fsp3) is 0.222. The standard InChI is InChI=1S/C18H16N2O5/c1-3-24-17(22)10-7-12-14(19-8-10)6-5-11-15(12)20-9-13(16(11)21)18(23)25-4-2/h5-9,19H,3-4H2,1-2H3. The number of carbonyl (C=O) groups excluding carboxylic acids is 2. The van der Waals surface area contributed by atoms with Gasteiger partial charge in [-0.2, -0.15) is 0 Å². The second-order valence-corrected chi connectivity index (χ2v) is 5.25. The highest BCUT2D eigenvalue weighted by Crippen LogP contribution is 2.22. The zero-order valence-corrected chi connectivity index (χ0v) is 13.8. The van der Waals surface area contributed by atoms with Gasteiger partial charge in [-0.15, -0.1) is 0 Å². The summed E-state index contributed by atoms with van der Waals surface area (Å²) in [6, 6.07) is 4.91. The van der Waals surface area contributed by atoms with Gasteiger partial charge in [0.25, 0.3) is 0 Å². The van der Waals surface area contributed by atoms with Gasteiger partial charge < -0.3 is 14.5 Å². The number of carbonyl (C=O) groups is 2. The van der Waals surface area contributed by atoms with E-state index in [9.17, 15) is 14.4 Å². The maximum atomic E-state index is 12.6. The summed E-state index contributed by atoms with van der Waals surface area (Å²) in [5.74, 6) is -1.17. The minimum absolute atomic E-state index is 0.112. The van der Waals surface area contributed by atoms with Crippen LogP contribution in [0.5, 0.6) is 0 Å². The molecular weight excluding hydrogens is 324 g/mol. The number of fused-ring (bicyclic) bond motifs is 3. The van der Waals surface area contributed by atoms with E-state index in [2.05, 4.69) is 9.97 Å². The Hall–Kier alpha value is -3.22. The quantitative estimate of drug-likeness (QED) is 0.578. The highest BCUT2D eigenvalue weighted by atomic mass is 16.5. The van der Waals surface area contributed by atoms with Crippen LogP contribution in [0.3, 0.4) is 0 Å². The van der Waals surface area contributed by atoms with E-state index in [1.54, 1.807) is 32.0 Å². The van der Waals surface area contributed by atoms with E-state index >= 15 is 0 Å². The third kappa shape index (κ3) is 2.96. The van der Waals surface area contributed by atoms with E-state index in [1.165, 1.54) is 12.4 Å². The van der Waals surface area contributed by atoms with Gasteiger partial charge in [-0.1, -0.05) is 0 Å². The zero-order valence-electron chi connectivity index (χ0n) is 13.8. The molecule has 1 aromatic carbocycles. The first-order valence-corrected chi connectivity index (χ1v) is 7.85. The molecular formula is C18H16N2O5. The first kappa shape index (κ1) is 16.6. The summed E-state index contributed by atoms with van der Waals surface area (Å²) in [5, 5.41) is 0.878. The Morgan fingerprint density at radius 2 is 1.80 bits per heavy atom. The Morgan fingerprint density at radius 1 is 1.08 bits per heavy atom. The molecule has 0 radical (unpaired) electrons. The summed E-state index contributed by atoms with van der Waals surface area (Å²) in [7, 11) is 0. The van der Waals surface area contributed by atoms with Gasteiger partial charge in [-0.25, -0.2) is 9.59 Å². The van der Waals surface area contributed by atoms with Gasteiger partial charge in [0.2, 0.25) is 5.43 Å². The maximum absolute atomic E-state index is 12.6. The van der Waals surface area contributed by atoms with Gasteiger partial charge in [0.1, 0.15) is 5.56 Å². The Balaban J connectivity index is 2.22. The van der Waals surface area contributed by atoms with Crippen LogP contribution < -0.4 is 5.43 Å². The summed E-state index contributed by atoms with van der Waals surface area (Å²) >= 11 is 0. The van der Waals surface area contributed by atoms with Gasteiger partial charge in [0, 0.05) is 28.7 Å². The number of pyridine rings is 2. The molecule has 0 amide bonds. The summed E-state index contributed by atoms with van der Waals surface area (Å²) in [6.45, 7) is 3.82. The molecule has 0 atom stereocenters.